The van der Waals surface area contributed by atoms with E-state index in [0.29, 0.717) is 18.0 Å². The van der Waals surface area contributed by atoms with Gasteiger partial charge in [-0.3, -0.25) is 10.1 Å². The molecule has 8 nitrogen and oxygen atoms in total. The zero-order valence-corrected chi connectivity index (χ0v) is 11.1. The van der Waals surface area contributed by atoms with E-state index < -0.39 is 4.92 Å². The van der Waals surface area contributed by atoms with Crippen LogP contribution in [-0.2, 0) is 4.74 Å². The topological polar surface area (TPSA) is 117 Å². The van der Waals surface area contributed by atoms with Crippen LogP contribution in [0, 0.1) is 10.1 Å². The number of para-hydroxylation sites is 1. The lowest BCUT2D eigenvalue weighted by molar-refractivity contribution is -0.384. The number of rotatable bonds is 4. The highest BCUT2D eigenvalue weighted by Gasteiger charge is 2.30. The maximum absolute atomic E-state index is 11.0. The Bertz CT molecular complexity index is 657. The van der Waals surface area contributed by atoms with Crippen LogP contribution in [0.2, 0.25) is 0 Å². The lowest BCUT2D eigenvalue weighted by Gasteiger charge is -2.07. The third-order valence-electron chi connectivity index (χ3n) is 3.43. The molecule has 0 amide bonds. The SMILES string of the molecule is NCC1CCC(c2nc(-c3ccccc3[N+](=O)[O-])no2)O1. The van der Waals surface area contributed by atoms with E-state index in [2.05, 4.69) is 10.1 Å². The van der Waals surface area contributed by atoms with Gasteiger partial charge in [0, 0.05) is 12.6 Å². The molecule has 2 atom stereocenters. The van der Waals surface area contributed by atoms with Crippen LogP contribution in [0.25, 0.3) is 11.4 Å². The lowest BCUT2D eigenvalue weighted by Crippen LogP contribution is -2.18. The van der Waals surface area contributed by atoms with E-state index in [1.807, 2.05) is 0 Å². The van der Waals surface area contributed by atoms with Gasteiger partial charge in [0.15, 0.2) is 0 Å². The Hall–Kier alpha value is -2.32. The van der Waals surface area contributed by atoms with Gasteiger partial charge in [-0.05, 0) is 18.9 Å². The first-order chi connectivity index (χ1) is 10.2. The largest absolute Gasteiger partial charge is 0.364 e. The first-order valence-corrected chi connectivity index (χ1v) is 6.62. The van der Waals surface area contributed by atoms with Crippen LogP contribution in [0.1, 0.15) is 24.8 Å². The fraction of sp³-hybridized carbons (Fsp3) is 0.385. The van der Waals surface area contributed by atoms with Crippen molar-refractivity contribution in [2.45, 2.75) is 25.0 Å². The summed E-state index contributed by atoms with van der Waals surface area (Å²) in [6.45, 7) is 0.446. The first-order valence-electron chi connectivity index (χ1n) is 6.62. The third kappa shape index (κ3) is 2.63. The van der Waals surface area contributed by atoms with E-state index in [1.165, 1.54) is 6.07 Å². The molecule has 0 bridgehead atoms. The Balaban J connectivity index is 1.87. The third-order valence-corrected chi connectivity index (χ3v) is 3.43. The fourth-order valence-electron chi connectivity index (χ4n) is 2.36. The standard InChI is InChI=1S/C13H14N4O4/c14-7-8-5-6-11(20-8)13-15-12(16-21-13)9-3-1-2-4-10(9)17(18)19/h1-4,8,11H,5-7,14H2. The molecule has 0 saturated carbocycles. The summed E-state index contributed by atoms with van der Waals surface area (Å²) in [4.78, 5) is 14.8. The van der Waals surface area contributed by atoms with Crippen molar-refractivity contribution in [3.05, 3.63) is 40.3 Å². The van der Waals surface area contributed by atoms with Crippen LogP contribution in [0.4, 0.5) is 5.69 Å². The molecule has 1 aliphatic heterocycles. The normalized spacial score (nSPS) is 21.6. The summed E-state index contributed by atoms with van der Waals surface area (Å²) in [6, 6.07) is 6.27. The first kappa shape index (κ1) is 13.7. The molecule has 1 saturated heterocycles. The number of nitro benzene ring substituents is 1. The average Bonchev–Trinajstić information content (AvgIpc) is 3.16. The van der Waals surface area contributed by atoms with Crippen molar-refractivity contribution in [2.24, 2.45) is 5.73 Å². The Morgan fingerprint density at radius 3 is 2.90 bits per heavy atom. The second-order valence-corrected chi connectivity index (χ2v) is 4.79. The van der Waals surface area contributed by atoms with Crippen molar-refractivity contribution >= 4 is 5.69 Å². The van der Waals surface area contributed by atoms with Crippen molar-refractivity contribution in [3.8, 4) is 11.4 Å². The van der Waals surface area contributed by atoms with E-state index in [-0.39, 0.29) is 23.7 Å². The van der Waals surface area contributed by atoms with E-state index in [0.717, 1.165) is 12.8 Å². The van der Waals surface area contributed by atoms with Crippen LogP contribution >= 0.6 is 0 Å². The molecule has 8 heteroatoms. The van der Waals surface area contributed by atoms with Gasteiger partial charge in [-0.25, -0.2) is 0 Å². The Morgan fingerprint density at radius 1 is 1.38 bits per heavy atom. The number of benzene rings is 1. The highest BCUT2D eigenvalue weighted by molar-refractivity contribution is 5.67. The maximum Gasteiger partial charge on any atom is 0.280 e. The summed E-state index contributed by atoms with van der Waals surface area (Å²) >= 11 is 0. The van der Waals surface area contributed by atoms with Gasteiger partial charge in [0.1, 0.15) is 11.7 Å². The van der Waals surface area contributed by atoms with Crippen LogP contribution in [-0.4, -0.2) is 27.7 Å². The van der Waals surface area contributed by atoms with Gasteiger partial charge in [0.25, 0.3) is 11.6 Å². The minimum atomic E-state index is -0.470. The summed E-state index contributed by atoms with van der Waals surface area (Å²) in [7, 11) is 0. The molecular formula is C13H14N4O4. The van der Waals surface area contributed by atoms with Crippen molar-refractivity contribution < 1.29 is 14.2 Å². The van der Waals surface area contributed by atoms with E-state index in [1.54, 1.807) is 18.2 Å². The monoisotopic (exact) mass is 290 g/mol. The maximum atomic E-state index is 11.0. The van der Waals surface area contributed by atoms with Gasteiger partial charge in [-0.2, -0.15) is 4.98 Å². The zero-order chi connectivity index (χ0) is 14.8. The molecule has 110 valence electrons. The number of hydrogen-bond acceptors (Lipinski definition) is 7. The van der Waals surface area contributed by atoms with Crippen molar-refractivity contribution in [1.29, 1.82) is 0 Å². The van der Waals surface area contributed by atoms with E-state index in [4.69, 9.17) is 15.0 Å². The van der Waals surface area contributed by atoms with Gasteiger partial charge < -0.3 is 15.0 Å². The predicted molar refractivity (Wildman–Crippen MR) is 72.3 cm³/mol. The summed E-state index contributed by atoms with van der Waals surface area (Å²) in [5, 5.41) is 14.8. The average molecular weight is 290 g/mol. The molecule has 0 radical (unpaired) electrons. The fourth-order valence-corrected chi connectivity index (χ4v) is 2.36. The minimum absolute atomic E-state index is 0.00332. The quantitative estimate of drug-likeness (QED) is 0.674. The molecule has 0 aliphatic carbocycles. The minimum Gasteiger partial charge on any atom is -0.364 e. The molecule has 1 aliphatic rings. The van der Waals surface area contributed by atoms with Gasteiger partial charge >= 0.3 is 0 Å². The smallest absolute Gasteiger partial charge is 0.280 e. The van der Waals surface area contributed by atoms with Gasteiger partial charge in [0.05, 0.1) is 11.0 Å². The Kier molecular flexibility index (Phi) is 3.63. The van der Waals surface area contributed by atoms with Crippen molar-refractivity contribution in [1.82, 2.24) is 10.1 Å². The number of nitrogens with two attached hydrogens (primary N) is 1. The van der Waals surface area contributed by atoms with Crippen molar-refractivity contribution in [3.63, 3.8) is 0 Å². The highest BCUT2D eigenvalue weighted by Crippen LogP contribution is 2.33. The van der Waals surface area contributed by atoms with Crippen LogP contribution in [0.15, 0.2) is 28.8 Å². The van der Waals surface area contributed by atoms with E-state index >= 15 is 0 Å². The number of aromatic nitrogens is 2. The molecule has 1 fully saturated rings. The molecule has 2 heterocycles. The zero-order valence-electron chi connectivity index (χ0n) is 11.1. The molecule has 2 aromatic rings. The number of nitro groups is 1. The molecular weight excluding hydrogens is 276 g/mol. The van der Waals surface area contributed by atoms with Crippen LogP contribution in [0.5, 0.6) is 0 Å². The van der Waals surface area contributed by atoms with E-state index in [9.17, 15) is 10.1 Å². The Morgan fingerprint density at radius 2 is 2.19 bits per heavy atom. The number of ether oxygens (including phenoxy) is 1. The molecule has 2 N–H and O–H groups in total. The lowest BCUT2D eigenvalue weighted by atomic mass is 10.1. The van der Waals surface area contributed by atoms with Crippen LogP contribution < -0.4 is 5.73 Å². The predicted octanol–water partition coefficient (Wildman–Crippen LogP) is 1.82. The summed E-state index contributed by atoms with van der Waals surface area (Å²) in [5.41, 5.74) is 5.82. The van der Waals surface area contributed by atoms with Crippen LogP contribution in [0.3, 0.4) is 0 Å². The van der Waals surface area contributed by atoms with Crippen molar-refractivity contribution in [2.75, 3.05) is 6.54 Å². The molecule has 1 aromatic carbocycles. The molecule has 21 heavy (non-hydrogen) atoms. The van der Waals surface area contributed by atoms with Gasteiger partial charge in [0.2, 0.25) is 5.82 Å². The number of hydrogen-bond donors (Lipinski definition) is 1. The Labute approximate surface area is 120 Å². The molecule has 0 spiro atoms. The highest BCUT2D eigenvalue weighted by atomic mass is 16.6. The molecule has 2 unspecified atom stereocenters. The second-order valence-electron chi connectivity index (χ2n) is 4.79. The molecule has 3 rings (SSSR count). The van der Waals surface area contributed by atoms with Gasteiger partial charge in [-0.1, -0.05) is 17.3 Å². The summed E-state index contributed by atoms with van der Waals surface area (Å²) < 4.78 is 10.8. The molecule has 1 aromatic heterocycles. The van der Waals surface area contributed by atoms with Gasteiger partial charge in [-0.15, -0.1) is 0 Å². The summed E-state index contributed by atoms with van der Waals surface area (Å²) in [5.74, 6) is 0.524. The second kappa shape index (κ2) is 5.58. The number of nitrogens with zero attached hydrogens (tertiary/aromatic N) is 3. The summed E-state index contributed by atoms with van der Waals surface area (Å²) in [6.07, 6.45) is 1.30.